The van der Waals surface area contributed by atoms with E-state index in [0.717, 1.165) is 5.69 Å². The Labute approximate surface area is 113 Å². The molecule has 0 bridgehead atoms. The van der Waals surface area contributed by atoms with Crippen molar-refractivity contribution >= 4 is 17.3 Å². The minimum absolute atomic E-state index is 0.125. The van der Waals surface area contributed by atoms with E-state index in [-0.39, 0.29) is 16.7 Å². The third-order valence-corrected chi connectivity index (χ3v) is 2.85. The van der Waals surface area contributed by atoms with E-state index in [9.17, 15) is 10.1 Å². The molecule has 0 aliphatic carbocycles. The Balaban J connectivity index is 2.48. The molecular formula is C11H11ClN4O3. The fourth-order valence-electron chi connectivity index (χ4n) is 1.62. The first-order chi connectivity index (χ1) is 8.90. The quantitative estimate of drug-likeness (QED) is 0.491. The lowest BCUT2D eigenvalue weighted by Gasteiger charge is -2.05. The average molecular weight is 283 g/mol. The molecule has 0 saturated carbocycles. The SMILES string of the molecule is Cc1nn(C)c(C)c1Oc1nc(Cl)ccc1[N+](=O)[O-]. The molecule has 0 atom stereocenters. The van der Waals surface area contributed by atoms with Crippen molar-refractivity contribution in [1.29, 1.82) is 0 Å². The van der Waals surface area contributed by atoms with Crippen molar-refractivity contribution in [3.63, 3.8) is 0 Å². The zero-order valence-corrected chi connectivity index (χ0v) is 11.3. The molecule has 8 heteroatoms. The molecule has 0 saturated heterocycles. The number of rotatable bonds is 3. The van der Waals surface area contributed by atoms with Gasteiger partial charge in [0, 0.05) is 13.1 Å². The van der Waals surface area contributed by atoms with Crippen molar-refractivity contribution < 1.29 is 9.66 Å². The van der Waals surface area contributed by atoms with Gasteiger partial charge in [0.2, 0.25) is 0 Å². The van der Waals surface area contributed by atoms with Crippen LogP contribution >= 0.6 is 11.6 Å². The van der Waals surface area contributed by atoms with Crippen LogP contribution in [0.4, 0.5) is 5.69 Å². The van der Waals surface area contributed by atoms with Gasteiger partial charge in [-0.25, -0.2) is 0 Å². The van der Waals surface area contributed by atoms with Crippen LogP contribution in [0.1, 0.15) is 11.4 Å². The van der Waals surface area contributed by atoms with Crippen molar-refractivity contribution in [3.05, 3.63) is 38.8 Å². The van der Waals surface area contributed by atoms with Gasteiger partial charge in [-0.15, -0.1) is 0 Å². The van der Waals surface area contributed by atoms with Crippen molar-refractivity contribution in [2.75, 3.05) is 0 Å². The summed E-state index contributed by atoms with van der Waals surface area (Å²) in [6.45, 7) is 3.55. The monoisotopic (exact) mass is 282 g/mol. The van der Waals surface area contributed by atoms with Crippen molar-refractivity contribution in [2.45, 2.75) is 13.8 Å². The summed E-state index contributed by atoms with van der Waals surface area (Å²) in [7, 11) is 1.76. The van der Waals surface area contributed by atoms with E-state index < -0.39 is 4.92 Å². The predicted octanol–water partition coefficient (Wildman–Crippen LogP) is 2.79. The van der Waals surface area contributed by atoms with E-state index in [2.05, 4.69) is 10.1 Å². The van der Waals surface area contributed by atoms with E-state index in [0.29, 0.717) is 11.4 Å². The van der Waals surface area contributed by atoms with E-state index in [1.165, 1.54) is 12.1 Å². The van der Waals surface area contributed by atoms with Crippen molar-refractivity contribution in [1.82, 2.24) is 14.8 Å². The van der Waals surface area contributed by atoms with Crippen LogP contribution in [0.3, 0.4) is 0 Å². The highest BCUT2D eigenvalue weighted by atomic mass is 35.5. The molecule has 0 N–H and O–H groups in total. The van der Waals surface area contributed by atoms with Gasteiger partial charge in [-0.2, -0.15) is 10.1 Å². The number of hydrogen-bond acceptors (Lipinski definition) is 5. The molecule has 0 spiro atoms. The zero-order chi connectivity index (χ0) is 14.2. The minimum atomic E-state index is -0.570. The Morgan fingerprint density at radius 3 is 2.63 bits per heavy atom. The van der Waals surface area contributed by atoms with E-state index in [1.807, 2.05) is 0 Å². The topological polar surface area (TPSA) is 83.1 Å². The Morgan fingerprint density at radius 1 is 1.42 bits per heavy atom. The molecule has 0 aliphatic rings. The molecule has 2 aromatic heterocycles. The summed E-state index contributed by atoms with van der Waals surface area (Å²) in [4.78, 5) is 14.2. The highest BCUT2D eigenvalue weighted by molar-refractivity contribution is 6.29. The summed E-state index contributed by atoms with van der Waals surface area (Å²) in [6.07, 6.45) is 0. The number of aryl methyl sites for hydroxylation is 2. The molecule has 0 unspecified atom stereocenters. The fourth-order valence-corrected chi connectivity index (χ4v) is 1.76. The fraction of sp³-hybridized carbons (Fsp3) is 0.273. The maximum Gasteiger partial charge on any atom is 0.331 e. The molecule has 100 valence electrons. The number of halogens is 1. The maximum atomic E-state index is 10.9. The lowest BCUT2D eigenvalue weighted by molar-refractivity contribution is -0.386. The van der Waals surface area contributed by atoms with Gasteiger partial charge in [-0.3, -0.25) is 14.8 Å². The molecule has 2 heterocycles. The summed E-state index contributed by atoms with van der Waals surface area (Å²) >= 11 is 5.74. The van der Waals surface area contributed by atoms with Gasteiger partial charge in [-0.05, 0) is 19.9 Å². The van der Waals surface area contributed by atoms with Crippen LogP contribution in [0.5, 0.6) is 11.6 Å². The van der Waals surface area contributed by atoms with E-state index in [4.69, 9.17) is 16.3 Å². The number of aromatic nitrogens is 3. The highest BCUT2D eigenvalue weighted by Crippen LogP contribution is 2.33. The maximum absolute atomic E-state index is 10.9. The van der Waals surface area contributed by atoms with Crippen LogP contribution in [0.15, 0.2) is 12.1 Å². The summed E-state index contributed by atoms with van der Waals surface area (Å²) in [5, 5.41) is 15.2. The van der Waals surface area contributed by atoms with Crippen LogP contribution in [0.25, 0.3) is 0 Å². The lowest BCUT2D eigenvalue weighted by atomic mass is 10.3. The number of nitro groups is 1. The van der Waals surface area contributed by atoms with E-state index in [1.54, 1.807) is 25.6 Å². The van der Waals surface area contributed by atoms with E-state index >= 15 is 0 Å². The standard InChI is InChI=1S/C11H11ClN4O3/c1-6-10(7(2)15(3)14-6)19-11-8(16(17)18)4-5-9(12)13-11/h4-5H,1-3H3. The Kier molecular flexibility index (Phi) is 3.39. The Bertz CT molecular complexity index is 654. The summed E-state index contributed by atoms with van der Waals surface area (Å²) in [5.41, 5.74) is 1.12. The largest absolute Gasteiger partial charge is 0.430 e. The average Bonchev–Trinajstić information content (AvgIpc) is 2.56. The first-order valence-corrected chi connectivity index (χ1v) is 5.77. The summed E-state index contributed by atoms with van der Waals surface area (Å²) < 4.78 is 7.14. The van der Waals surface area contributed by atoms with Crippen molar-refractivity contribution in [3.8, 4) is 11.6 Å². The zero-order valence-electron chi connectivity index (χ0n) is 10.5. The molecular weight excluding hydrogens is 272 g/mol. The number of pyridine rings is 1. The highest BCUT2D eigenvalue weighted by Gasteiger charge is 2.21. The Hall–Kier alpha value is -2.15. The van der Waals surface area contributed by atoms with Crippen LogP contribution in [-0.2, 0) is 7.05 Å². The second-order valence-electron chi connectivity index (χ2n) is 3.94. The Morgan fingerprint density at radius 2 is 2.11 bits per heavy atom. The van der Waals surface area contributed by atoms with Crippen LogP contribution in [0.2, 0.25) is 5.15 Å². The van der Waals surface area contributed by atoms with Crippen LogP contribution < -0.4 is 4.74 Å². The molecule has 2 rings (SSSR count). The smallest absolute Gasteiger partial charge is 0.331 e. The second kappa shape index (κ2) is 4.85. The molecule has 7 nitrogen and oxygen atoms in total. The second-order valence-corrected chi connectivity index (χ2v) is 4.33. The molecule has 0 radical (unpaired) electrons. The lowest BCUT2D eigenvalue weighted by Crippen LogP contribution is -1.98. The summed E-state index contributed by atoms with van der Waals surface area (Å²) in [5.74, 6) is 0.303. The van der Waals surface area contributed by atoms with Gasteiger partial charge in [0.05, 0.1) is 10.6 Å². The normalized spacial score (nSPS) is 10.5. The van der Waals surface area contributed by atoms with Gasteiger partial charge in [0.15, 0.2) is 5.75 Å². The summed E-state index contributed by atoms with van der Waals surface area (Å²) in [6, 6.07) is 2.60. The van der Waals surface area contributed by atoms with Gasteiger partial charge in [0.1, 0.15) is 10.8 Å². The molecule has 0 aliphatic heterocycles. The first kappa shape index (κ1) is 13.3. The third kappa shape index (κ3) is 2.50. The number of hydrogen-bond donors (Lipinski definition) is 0. The van der Waals surface area contributed by atoms with Gasteiger partial charge in [0.25, 0.3) is 0 Å². The van der Waals surface area contributed by atoms with Crippen LogP contribution in [0, 0.1) is 24.0 Å². The van der Waals surface area contributed by atoms with Gasteiger partial charge in [-0.1, -0.05) is 11.6 Å². The van der Waals surface area contributed by atoms with Crippen LogP contribution in [-0.4, -0.2) is 19.7 Å². The molecule has 19 heavy (non-hydrogen) atoms. The first-order valence-electron chi connectivity index (χ1n) is 5.39. The minimum Gasteiger partial charge on any atom is -0.430 e. The molecule has 0 amide bonds. The van der Waals surface area contributed by atoms with Crippen molar-refractivity contribution in [2.24, 2.45) is 7.05 Å². The number of ether oxygens (including phenoxy) is 1. The molecule has 0 fully saturated rings. The van der Waals surface area contributed by atoms with Gasteiger partial charge < -0.3 is 4.74 Å². The number of nitrogens with zero attached hydrogens (tertiary/aromatic N) is 4. The molecule has 0 aromatic carbocycles. The van der Waals surface area contributed by atoms with Gasteiger partial charge >= 0.3 is 11.6 Å². The molecule has 2 aromatic rings. The third-order valence-electron chi connectivity index (χ3n) is 2.64. The predicted molar refractivity (Wildman–Crippen MR) is 68.7 cm³/mol.